The Morgan fingerprint density at radius 3 is 2.44 bits per heavy atom. The first kappa shape index (κ1) is 24.3. The molecule has 0 aliphatic carbocycles. The van der Waals surface area contributed by atoms with Gasteiger partial charge in [-0.25, -0.2) is 9.07 Å². The fourth-order valence-corrected chi connectivity index (χ4v) is 5.66. The van der Waals surface area contributed by atoms with Crippen molar-refractivity contribution in [2.75, 3.05) is 4.90 Å². The zero-order valence-corrected chi connectivity index (χ0v) is 20.7. The molecule has 2 amide bonds. The summed E-state index contributed by atoms with van der Waals surface area (Å²) in [6, 6.07) is 12.9. The number of aromatic nitrogens is 2. The van der Waals surface area contributed by atoms with Crippen LogP contribution >= 0.6 is 22.9 Å². The van der Waals surface area contributed by atoms with Crippen LogP contribution in [0, 0.1) is 11.7 Å². The van der Waals surface area contributed by atoms with Gasteiger partial charge < -0.3 is 10.2 Å². The average Bonchev–Trinajstić information content (AvgIpc) is 3.51. The van der Waals surface area contributed by atoms with Crippen LogP contribution < -0.4 is 10.2 Å². The Balaban J connectivity index is 1.56. The van der Waals surface area contributed by atoms with Gasteiger partial charge in [0, 0.05) is 22.9 Å². The lowest BCUT2D eigenvalue weighted by atomic mass is 9.98. The number of thiophene rings is 1. The first-order chi connectivity index (χ1) is 17.0. The van der Waals surface area contributed by atoms with Crippen LogP contribution in [0.1, 0.15) is 24.8 Å². The molecular weight excluding hydrogens is 513 g/mol. The second-order valence-electron chi connectivity index (χ2n) is 8.75. The topological polar surface area (TPSA) is 67.2 Å². The van der Waals surface area contributed by atoms with Crippen LogP contribution in [0.2, 0.25) is 4.34 Å². The quantitative estimate of drug-likeness (QED) is 0.356. The third kappa shape index (κ3) is 4.24. The van der Waals surface area contributed by atoms with E-state index in [4.69, 9.17) is 11.6 Å². The van der Waals surface area contributed by atoms with Gasteiger partial charge in [-0.3, -0.25) is 9.59 Å². The molecule has 36 heavy (non-hydrogen) atoms. The second-order valence-corrected chi connectivity index (χ2v) is 10.5. The van der Waals surface area contributed by atoms with Crippen LogP contribution in [0.4, 0.5) is 18.9 Å². The van der Waals surface area contributed by atoms with Crippen molar-refractivity contribution in [3.8, 4) is 5.69 Å². The molecule has 0 bridgehead atoms. The maximum Gasteiger partial charge on any atom is 0.321 e. The molecule has 1 aliphatic heterocycles. The summed E-state index contributed by atoms with van der Waals surface area (Å²) in [5.41, 5.74) is 1.92. The number of carbonyl (C=O) groups excluding carboxylic acids is 2. The molecule has 1 fully saturated rings. The molecule has 2 aromatic carbocycles. The Labute approximate surface area is 213 Å². The Kier molecular flexibility index (Phi) is 6.04. The summed E-state index contributed by atoms with van der Waals surface area (Å²) in [5, 5.41) is 7.50. The lowest BCUT2D eigenvalue weighted by Gasteiger charge is -2.29. The molecule has 2 unspecified atom stereocenters. The molecule has 6 nitrogen and oxygen atoms in total. The van der Waals surface area contributed by atoms with E-state index in [0.29, 0.717) is 32.9 Å². The van der Waals surface area contributed by atoms with Gasteiger partial charge in [-0.1, -0.05) is 18.5 Å². The summed E-state index contributed by atoms with van der Waals surface area (Å²) in [4.78, 5) is 27.8. The van der Waals surface area contributed by atoms with E-state index in [2.05, 4.69) is 10.4 Å². The Morgan fingerprint density at radius 1 is 1.11 bits per heavy atom. The Morgan fingerprint density at radius 2 is 1.81 bits per heavy atom. The number of nitrogens with zero attached hydrogens (tertiary/aromatic N) is 3. The maximum atomic E-state index is 13.7. The van der Waals surface area contributed by atoms with Crippen molar-refractivity contribution in [3.05, 3.63) is 75.8 Å². The van der Waals surface area contributed by atoms with Crippen molar-refractivity contribution in [2.45, 2.75) is 31.9 Å². The first-order valence-corrected chi connectivity index (χ1v) is 12.2. The number of halogens is 4. The number of nitrogens with one attached hydrogen (secondary N) is 1. The normalized spacial score (nSPS) is 20.3. The van der Waals surface area contributed by atoms with Gasteiger partial charge in [0.05, 0.1) is 39.7 Å². The first-order valence-electron chi connectivity index (χ1n) is 11.1. The van der Waals surface area contributed by atoms with E-state index in [1.807, 2.05) is 0 Å². The molecule has 5 rings (SSSR count). The monoisotopic (exact) mass is 532 g/mol. The van der Waals surface area contributed by atoms with Gasteiger partial charge >= 0.3 is 5.92 Å². The molecule has 0 spiro atoms. The van der Waals surface area contributed by atoms with Gasteiger partial charge in [-0.2, -0.15) is 13.9 Å². The van der Waals surface area contributed by atoms with Crippen molar-refractivity contribution in [1.82, 2.24) is 15.1 Å². The minimum atomic E-state index is -3.60. The van der Waals surface area contributed by atoms with Crippen LogP contribution in [0.5, 0.6) is 0 Å². The summed E-state index contributed by atoms with van der Waals surface area (Å²) >= 11 is 7.37. The molecule has 186 valence electrons. The predicted molar refractivity (Wildman–Crippen MR) is 132 cm³/mol. The minimum Gasteiger partial charge on any atom is -0.345 e. The van der Waals surface area contributed by atoms with Gasteiger partial charge in [0.1, 0.15) is 5.82 Å². The van der Waals surface area contributed by atoms with Crippen molar-refractivity contribution in [1.29, 1.82) is 0 Å². The van der Waals surface area contributed by atoms with E-state index >= 15 is 0 Å². The van der Waals surface area contributed by atoms with Crippen molar-refractivity contribution in [2.24, 2.45) is 5.92 Å². The van der Waals surface area contributed by atoms with Gasteiger partial charge in [-0.05, 0) is 54.6 Å². The van der Waals surface area contributed by atoms with Gasteiger partial charge in [0.25, 0.3) is 5.91 Å². The standard InChI is InChI=1S/C25H20ClF3N4O2S/c1-13-21(31-24(35)25(2,28)29)22(19-9-10-20(26)36-19)32(23(13)34)17-7-8-18-14(11-17)12-30-33(18)16-5-3-15(27)4-6-16/h3-13,21-22H,1-2H3,(H,31,35)/t13-,21?,22?/m0/s1. The number of hydrogen-bond donors (Lipinski definition) is 1. The van der Waals surface area contributed by atoms with Crippen molar-refractivity contribution < 1.29 is 22.8 Å². The number of alkyl halides is 2. The smallest absolute Gasteiger partial charge is 0.321 e. The molecule has 2 aromatic heterocycles. The molecule has 0 radical (unpaired) electrons. The fraction of sp³-hybridized carbons (Fsp3) is 0.240. The van der Waals surface area contributed by atoms with Gasteiger partial charge in [-0.15, -0.1) is 11.3 Å². The highest BCUT2D eigenvalue weighted by molar-refractivity contribution is 7.16. The minimum absolute atomic E-state index is 0.320. The summed E-state index contributed by atoms with van der Waals surface area (Å²) < 4.78 is 42.9. The highest BCUT2D eigenvalue weighted by atomic mass is 35.5. The SMILES string of the molecule is C[C@@H]1C(=O)N(c2ccc3c(cnn3-c3ccc(F)cc3)c2)C(c2ccc(Cl)s2)C1NC(=O)C(C)(F)F. The predicted octanol–water partition coefficient (Wildman–Crippen LogP) is 5.74. The van der Waals surface area contributed by atoms with Crippen LogP contribution in [0.3, 0.4) is 0 Å². The zero-order chi connectivity index (χ0) is 25.8. The Hall–Kier alpha value is -3.37. The van der Waals surface area contributed by atoms with Crippen LogP contribution in [-0.4, -0.2) is 33.6 Å². The van der Waals surface area contributed by atoms with Crippen LogP contribution in [0.15, 0.2) is 60.8 Å². The average molecular weight is 533 g/mol. The van der Waals surface area contributed by atoms with Crippen molar-refractivity contribution >= 4 is 51.3 Å². The summed E-state index contributed by atoms with van der Waals surface area (Å²) in [5.74, 6) is -6.49. The summed E-state index contributed by atoms with van der Waals surface area (Å²) in [6.45, 7) is 2.12. The number of benzene rings is 2. The van der Waals surface area contributed by atoms with E-state index in [1.165, 1.54) is 28.4 Å². The lowest BCUT2D eigenvalue weighted by molar-refractivity contribution is -0.144. The number of rotatable bonds is 5. The number of carbonyl (C=O) groups is 2. The van der Waals surface area contributed by atoms with E-state index in [0.717, 1.165) is 5.52 Å². The van der Waals surface area contributed by atoms with Crippen LogP contribution in [-0.2, 0) is 9.59 Å². The molecule has 11 heteroatoms. The molecule has 1 aliphatic rings. The fourth-order valence-electron chi connectivity index (χ4n) is 4.46. The third-order valence-corrected chi connectivity index (χ3v) is 7.57. The molecule has 4 aromatic rings. The lowest BCUT2D eigenvalue weighted by Crippen LogP contribution is -2.47. The summed E-state index contributed by atoms with van der Waals surface area (Å²) in [6.07, 6.45) is 1.63. The van der Waals surface area contributed by atoms with Gasteiger partial charge in [0.2, 0.25) is 5.91 Å². The summed E-state index contributed by atoms with van der Waals surface area (Å²) in [7, 11) is 0. The number of anilines is 1. The van der Waals surface area contributed by atoms with Crippen molar-refractivity contribution in [3.63, 3.8) is 0 Å². The molecule has 3 heterocycles. The second kappa shape index (κ2) is 8.94. The maximum absolute atomic E-state index is 13.7. The van der Waals surface area contributed by atoms with E-state index < -0.39 is 29.8 Å². The van der Waals surface area contributed by atoms with Gasteiger partial charge in [0.15, 0.2) is 0 Å². The number of fused-ring (bicyclic) bond motifs is 1. The van der Waals surface area contributed by atoms with E-state index in [1.54, 1.807) is 60.3 Å². The molecule has 1 saturated heterocycles. The van der Waals surface area contributed by atoms with Crippen LogP contribution in [0.25, 0.3) is 16.6 Å². The number of amides is 2. The highest BCUT2D eigenvalue weighted by Crippen LogP contribution is 2.44. The molecule has 3 atom stereocenters. The van der Waals surface area contributed by atoms with E-state index in [-0.39, 0.29) is 11.7 Å². The largest absolute Gasteiger partial charge is 0.345 e. The highest BCUT2D eigenvalue weighted by Gasteiger charge is 2.50. The Bertz CT molecular complexity index is 1460. The van der Waals surface area contributed by atoms with E-state index in [9.17, 15) is 22.8 Å². The molecule has 0 saturated carbocycles. The molecular formula is C25H20ClF3N4O2S. The molecule has 1 N–H and O–H groups in total. The zero-order valence-electron chi connectivity index (χ0n) is 19.1. The third-order valence-electron chi connectivity index (χ3n) is 6.27. The number of hydrogen-bond acceptors (Lipinski definition) is 4.